The predicted octanol–water partition coefficient (Wildman–Crippen LogP) is 1.73. The minimum atomic E-state index is -0.443. The van der Waals surface area contributed by atoms with Crippen LogP contribution in [0.5, 0.6) is 0 Å². The zero-order valence-electron chi connectivity index (χ0n) is 6.59. The number of aliphatic hydroxyl groups excluding tert-OH is 1. The van der Waals surface area contributed by atoms with Crippen molar-refractivity contribution in [2.24, 2.45) is 0 Å². The molecule has 0 aromatic carbocycles. The second-order valence-corrected chi connectivity index (χ2v) is 2.09. The quantitative estimate of drug-likeness (QED) is 0.576. The van der Waals surface area contributed by atoms with Crippen molar-refractivity contribution >= 4 is 0 Å². The number of hydrogen-bond acceptors (Lipinski definition) is 1. The van der Waals surface area contributed by atoms with Crippen molar-refractivity contribution in [3.8, 4) is 11.8 Å². The molecule has 0 spiro atoms. The lowest BCUT2D eigenvalue weighted by Gasteiger charge is -1.96. The highest BCUT2D eigenvalue weighted by molar-refractivity contribution is 5.16. The first kappa shape index (κ1) is 9.26. The third kappa shape index (κ3) is 5.40. The van der Waals surface area contributed by atoms with E-state index in [1.165, 1.54) is 0 Å². The van der Waals surface area contributed by atoms with E-state index in [1.807, 2.05) is 19.9 Å². The van der Waals surface area contributed by atoms with Gasteiger partial charge in [-0.25, -0.2) is 0 Å². The van der Waals surface area contributed by atoms with Gasteiger partial charge in [0.05, 0.1) is 0 Å². The zero-order valence-corrected chi connectivity index (χ0v) is 6.59. The average molecular weight is 138 g/mol. The average Bonchev–Trinajstić information content (AvgIpc) is 1.89. The Morgan fingerprint density at radius 3 is 2.80 bits per heavy atom. The molecule has 10 heavy (non-hydrogen) atoms. The van der Waals surface area contributed by atoms with Crippen LogP contribution in [-0.2, 0) is 0 Å². The maximum atomic E-state index is 9.07. The van der Waals surface area contributed by atoms with E-state index >= 15 is 0 Å². The molecule has 1 atom stereocenters. The van der Waals surface area contributed by atoms with E-state index in [0.717, 1.165) is 12.8 Å². The molecular formula is C9H14O. The summed E-state index contributed by atoms with van der Waals surface area (Å²) in [5.74, 6) is 5.44. The van der Waals surface area contributed by atoms with E-state index in [1.54, 1.807) is 6.08 Å². The zero-order chi connectivity index (χ0) is 7.82. The first-order valence-corrected chi connectivity index (χ1v) is 3.61. The summed E-state index contributed by atoms with van der Waals surface area (Å²) in [6, 6.07) is 0. The van der Waals surface area contributed by atoms with Gasteiger partial charge < -0.3 is 5.11 Å². The molecular weight excluding hydrogens is 124 g/mol. The fourth-order valence-electron chi connectivity index (χ4n) is 0.573. The maximum absolute atomic E-state index is 9.07. The Labute approximate surface area is 62.8 Å². The molecule has 0 saturated heterocycles. The Hall–Kier alpha value is -0.740. The van der Waals surface area contributed by atoms with Crippen LogP contribution in [0.4, 0.5) is 0 Å². The van der Waals surface area contributed by atoms with Crippen LogP contribution in [0.1, 0.15) is 26.7 Å². The van der Waals surface area contributed by atoms with Crippen molar-refractivity contribution in [1.29, 1.82) is 0 Å². The third-order valence-corrected chi connectivity index (χ3v) is 1.06. The summed E-state index contributed by atoms with van der Waals surface area (Å²) in [7, 11) is 0. The molecule has 1 N–H and O–H groups in total. The first-order valence-electron chi connectivity index (χ1n) is 3.61. The molecule has 0 saturated carbocycles. The molecule has 0 aliphatic carbocycles. The Morgan fingerprint density at radius 1 is 1.60 bits per heavy atom. The molecule has 0 radical (unpaired) electrons. The normalized spacial score (nSPS) is 12.7. The van der Waals surface area contributed by atoms with Crippen molar-refractivity contribution in [1.82, 2.24) is 0 Å². The summed E-state index contributed by atoms with van der Waals surface area (Å²) < 4.78 is 0. The van der Waals surface area contributed by atoms with Crippen LogP contribution in [0, 0.1) is 11.8 Å². The van der Waals surface area contributed by atoms with E-state index in [9.17, 15) is 0 Å². The molecule has 0 aromatic heterocycles. The minimum absolute atomic E-state index is 0.443. The lowest BCUT2D eigenvalue weighted by atomic mass is 10.2. The van der Waals surface area contributed by atoms with Crippen molar-refractivity contribution in [2.45, 2.75) is 32.8 Å². The van der Waals surface area contributed by atoms with Crippen LogP contribution >= 0.6 is 0 Å². The second-order valence-electron chi connectivity index (χ2n) is 2.09. The summed E-state index contributed by atoms with van der Waals surface area (Å²) in [6.07, 6.45) is 4.89. The maximum Gasteiger partial charge on any atom is 0.115 e. The Bertz CT molecular complexity index is 148. The number of aliphatic hydroxyl groups is 1. The minimum Gasteiger partial charge on any atom is -0.380 e. The van der Waals surface area contributed by atoms with Gasteiger partial charge >= 0.3 is 0 Å². The van der Waals surface area contributed by atoms with Gasteiger partial charge in [-0.2, -0.15) is 0 Å². The Morgan fingerprint density at radius 2 is 2.30 bits per heavy atom. The van der Waals surface area contributed by atoms with Crippen LogP contribution in [0.3, 0.4) is 0 Å². The number of hydrogen-bond donors (Lipinski definition) is 1. The van der Waals surface area contributed by atoms with E-state index in [-0.39, 0.29) is 0 Å². The number of rotatable bonds is 2. The van der Waals surface area contributed by atoms with Gasteiger partial charge in [0.1, 0.15) is 6.10 Å². The third-order valence-electron chi connectivity index (χ3n) is 1.06. The van der Waals surface area contributed by atoms with Gasteiger partial charge in [0.15, 0.2) is 0 Å². The molecule has 0 amide bonds. The molecule has 1 heteroatoms. The highest BCUT2D eigenvalue weighted by Gasteiger charge is 1.92. The second kappa shape index (κ2) is 6.38. The SMILES string of the molecule is C/C=C/C#CC(O)CCC. The molecule has 0 bridgehead atoms. The standard InChI is InChI=1S/C9H14O/c1-3-5-6-8-9(10)7-4-2/h3,5,9-10H,4,7H2,1-2H3/b5-3+. The van der Waals surface area contributed by atoms with Crippen molar-refractivity contribution in [3.63, 3.8) is 0 Å². The van der Waals surface area contributed by atoms with Crippen molar-refractivity contribution in [3.05, 3.63) is 12.2 Å². The summed E-state index contributed by atoms with van der Waals surface area (Å²) in [4.78, 5) is 0. The summed E-state index contributed by atoms with van der Waals surface area (Å²) in [5, 5.41) is 9.07. The first-order chi connectivity index (χ1) is 4.81. The van der Waals surface area contributed by atoms with E-state index in [2.05, 4.69) is 11.8 Å². The van der Waals surface area contributed by atoms with E-state index < -0.39 is 6.10 Å². The van der Waals surface area contributed by atoms with Gasteiger partial charge in [-0.05, 0) is 19.4 Å². The smallest absolute Gasteiger partial charge is 0.115 e. The van der Waals surface area contributed by atoms with Crippen LogP contribution in [-0.4, -0.2) is 11.2 Å². The fraction of sp³-hybridized carbons (Fsp3) is 0.556. The van der Waals surface area contributed by atoms with E-state index in [0.29, 0.717) is 0 Å². The predicted molar refractivity (Wildman–Crippen MR) is 43.5 cm³/mol. The van der Waals surface area contributed by atoms with Gasteiger partial charge in [-0.15, -0.1) is 0 Å². The number of allylic oxidation sites excluding steroid dienone is 2. The topological polar surface area (TPSA) is 20.2 Å². The van der Waals surface area contributed by atoms with Crippen molar-refractivity contribution in [2.75, 3.05) is 0 Å². The highest BCUT2D eigenvalue weighted by Crippen LogP contribution is 1.92. The van der Waals surface area contributed by atoms with Gasteiger partial charge in [-0.3, -0.25) is 0 Å². The fourth-order valence-corrected chi connectivity index (χ4v) is 0.573. The lowest BCUT2D eigenvalue weighted by Crippen LogP contribution is -2.00. The van der Waals surface area contributed by atoms with Gasteiger partial charge in [0, 0.05) is 0 Å². The summed E-state index contributed by atoms with van der Waals surface area (Å²) in [6.45, 7) is 3.93. The van der Waals surface area contributed by atoms with Gasteiger partial charge in [0.25, 0.3) is 0 Å². The Balaban J connectivity index is 3.57. The summed E-state index contributed by atoms with van der Waals surface area (Å²) >= 11 is 0. The van der Waals surface area contributed by atoms with Gasteiger partial charge in [0.2, 0.25) is 0 Å². The molecule has 0 rings (SSSR count). The van der Waals surface area contributed by atoms with Crippen LogP contribution < -0.4 is 0 Å². The lowest BCUT2D eigenvalue weighted by molar-refractivity contribution is 0.221. The van der Waals surface area contributed by atoms with Crippen LogP contribution in [0.15, 0.2) is 12.2 Å². The largest absolute Gasteiger partial charge is 0.380 e. The molecule has 1 unspecified atom stereocenters. The molecule has 0 fully saturated rings. The monoisotopic (exact) mass is 138 g/mol. The Kier molecular flexibility index (Phi) is 5.91. The molecule has 0 heterocycles. The van der Waals surface area contributed by atoms with Crippen molar-refractivity contribution < 1.29 is 5.11 Å². The van der Waals surface area contributed by atoms with E-state index in [4.69, 9.17) is 5.11 Å². The highest BCUT2D eigenvalue weighted by atomic mass is 16.3. The molecule has 0 aliphatic rings. The van der Waals surface area contributed by atoms with Crippen LogP contribution in [0.2, 0.25) is 0 Å². The molecule has 0 aromatic rings. The molecule has 1 nitrogen and oxygen atoms in total. The summed E-state index contributed by atoms with van der Waals surface area (Å²) in [5.41, 5.74) is 0. The molecule has 56 valence electrons. The van der Waals surface area contributed by atoms with Crippen LogP contribution in [0.25, 0.3) is 0 Å². The van der Waals surface area contributed by atoms with Gasteiger partial charge in [-0.1, -0.05) is 31.3 Å². The molecule has 0 aliphatic heterocycles.